The summed E-state index contributed by atoms with van der Waals surface area (Å²) in [4.78, 5) is 4.21. The van der Waals surface area contributed by atoms with Gasteiger partial charge in [0.2, 0.25) is 0 Å². The second-order valence-electron chi connectivity index (χ2n) is 9.95. The van der Waals surface area contributed by atoms with Gasteiger partial charge in [0.1, 0.15) is 11.2 Å². The lowest BCUT2D eigenvalue weighted by Crippen LogP contribution is -1.94. The van der Waals surface area contributed by atoms with Crippen molar-refractivity contribution in [3.63, 3.8) is 0 Å². The molecule has 0 spiro atoms. The van der Waals surface area contributed by atoms with E-state index in [2.05, 4.69) is 113 Å². The zero-order valence-electron chi connectivity index (χ0n) is 21.4. The van der Waals surface area contributed by atoms with E-state index >= 15 is 0 Å². The zero-order valence-corrected chi connectivity index (χ0v) is 21.4. The number of pyridine rings is 1. The molecule has 4 heteroatoms. The Labute approximate surface area is 230 Å². The minimum atomic E-state index is 0.620. The molecule has 8 aromatic rings. The summed E-state index contributed by atoms with van der Waals surface area (Å²) in [6.45, 7) is 0. The van der Waals surface area contributed by atoms with E-state index in [1.54, 1.807) is 18.5 Å². The van der Waals surface area contributed by atoms with Crippen LogP contribution in [0.1, 0.15) is 5.56 Å². The van der Waals surface area contributed by atoms with Crippen molar-refractivity contribution in [1.29, 1.82) is 5.26 Å². The Hall–Kier alpha value is -5.66. The van der Waals surface area contributed by atoms with Crippen molar-refractivity contribution in [3.8, 4) is 34.0 Å². The van der Waals surface area contributed by atoms with Gasteiger partial charge in [-0.15, -0.1) is 0 Å². The van der Waals surface area contributed by atoms with Gasteiger partial charge in [-0.2, -0.15) is 5.26 Å². The summed E-state index contributed by atoms with van der Waals surface area (Å²) in [5.41, 5.74) is 9.82. The van der Waals surface area contributed by atoms with Gasteiger partial charge in [0.05, 0.1) is 28.1 Å². The molecule has 186 valence electrons. The lowest BCUT2D eigenvalue weighted by molar-refractivity contribution is 0.673. The summed E-state index contributed by atoms with van der Waals surface area (Å²) >= 11 is 0. The largest absolute Gasteiger partial charge is 0.455 e. The highest BCUT2D eigenvalue weighted by Gasteiger charge is 2.18. The fourth-order valence-electron chi connectivity index (χ4n) is 5.90. The number of rotatable bonds is 3. The van der Waals surface area contributed by atoms with Gasteiger partial charge in [-0.3, -0.25) is 4.98 Å². The molecule has 8 rings (SSSR count). The van der Waals surface area contributed by atoms with Crippen LogP contribution in [-0.2, 0) is 0 Å². The molecule has 0 aliphatic carbocycles. The summed E-state index contributed by atoms with van der Waals surface area (Å²) in [7, 11) is 0. The first-order valence-corrected chi connectivity index (χ1v) is 13.2. The second kappa shape index (κ2) is 8.69. The highest BCUT2D eigenvalue weighted by molar-refractivity contribution is 6.23. The van der Waals surface area contributed by atoms with Crippen molar-refractivity contribution in [1.82, 2.24) is 9.55 Å². The molecular weight excluding hydrogens is 490 g/mol. The number of aromatic nitrogens is 2. The molecule has 0 fully saturated rings. The number of hydrogen-bond donors (Lipinski definition) is 0. The number of nitriles is 1. The van der Waals surface area contributed by atoms with Crippen molar-refractivity contribution in [2.75, 3.05) is 0 Å². The molecule has 0 bridgehead atoms. The lowest BCUT2D eigenvalue weighted by Gasteiger charge is -2.11. The van der Waals surface area contributed by atoms with Gasteiger partial charge in [0, 0.05) is 39.8 Å². The zero-order chi connectivity index (χ0) is 26.6. The molecule has 3 aromatic heterocycles. The van der Waals surface area contributed by atoms with Crippen LogP contribution in [0.25, 0.3) is 71.7 Å². The Bertz CT molecular complexity index is 2280. The summed E-state index contributed by atoms with van der Waals surface area (Å²) in [6.07, 6.45) is 3.39. The van der Waals surface area contributed by atoms with Crippen LogP contribution in [0, 0.1) is 11.3 Å². The third kappa shape index (κ3) is 3.28. The molecule has 0 saturated heterocycles. The average Bonchev–Trinajstić information content (AvgIpc) is 3.57. The maximum atomic E-state index is 9.49. The summed E-state index contributed by atoms with van der Waals surface area (Å²) in [6, 6.07) is 42.1. The van der Waals surface area contributed by atoms with Gasteiger partial charge < -0.3 is 8.98 Å². The molecule has 40 heavy (non-hydrogen) atoms. The number of fused-ring (bicyclic) bond motifs is 7. The van der Waals surface area contributed by atoms with Gasteiger partial charge in [-0.25, -0.2) is 0 Å². The SMILES string of the molecule is N#Cc1ccncc1-c1ccc(-c2cccc(-n3c4ccccc4c4c5oc6ccccc6c5ccc43)c2)cc1. The normalized spacial score (nSPS) is 11.5. The smallest absolute Gasteiger partial charge is 0.145 e. The van der Waals surface area contributed by atoms with Crippen LogP contribution >= 0.6 is 0 Å². The minimum absolute atomic E-state index is 0.620. The molecule has 5 aromatic carbocycles. The quantitative estimate of drug-likeness (QED) is 0.237. The van der Waals surface area contributed by atoms with Gasteiger partial charge >= 0.3 is 0 Å². The summed E-state index contributed by atoms with van der Waals surface area (Å²) < 4.78 is 8.77. The van der Waals surface area contributed by atoms with E-state index in [1.165, 1.54) is 5.39 Å². The van der Waals surface area contributed by atoms with Crippen LogP contribution in [0.5, 0.6) is 0 Å². The highest BCUT2D eigenvalue weighted by atomic mass is 16.3. The topological polar surface area (TPSA) is 54.8 Å². The predicted octanol–water partition coefficient (Wildman–Crippen LogP) is 9.28. The van der Waals surface area contributed by atoms with Crippen LogP contribution in [0.3, 0.4) is 0 Å². The van der Waals surface area contributed by atoms with E-state index in [4.69, 9.17) is 4.42 Å². The highest BCUT2D eigenvalue weighted by Crippen LogP contribution is 2.40. The molecule has 3 heterocycles. The van der Waals surface area contributed by atoms with E-state index in [0.29, 0.717) is 5.56 Å². The number of furan rings is 1. The summed E-state index contributed by atoms with van der Waals surface area (Å²) in [5, 5.41) is 14.1. The predicted molar refractivity (Wildman–Crippen MR) is 161 cm³/mol. The fourth-order valence-corrected chi connectivity index (χ4v) is 5.90. The molecule has 0 unspecified atom stereocenters. The Morgan fingerprint density at radius 2 is 1.45 bits per heavy atom. The van der Waals surface area contributed by atoms with Crippen LogP contribution in [0.2, 0.25) is 0 Å². The Morgan fingerprint density at radius 1 is 0.650 bits per heavy atom. The number of benzene rings is 5. The fraction of sp³-hybridized carbons (Fsp3) is 0. The van der Waals surface area contributed by atoms with E-state index < -0.39 is 0 Å². The molecule has 4 nitrogen and oxygen atoms in total. The Balaban J connectivity index is 1.30. The van der Waals surface area contributed by atoms with Crippen LogP contribution in [0.4, 0.5) is 0 Å². The average molecular weight is 512 g/mol. The van der Waals surface area contributed by atoms with Crippen LogP contribution in [-0.4, -0.2) is 9.55 Å². The second-order valence-corrected chi connectivity index (χ2v) is 9.95. The molecule has 0 radical (unpaired) electrons. The van der Waals surface area contributed by atoms with Crippen molar-refractivity contribution in [3.05, 3.63) is 133 Å². The van der Waals surface area contributed by atoms with E-state index in [-0.39, 0.29) is 0 Å². The number of hydrogen-bond acceptors (Lipinski definition) is 3. The molecule has 0 amide bonds. The first-order valence-electron chi connectivity index (χ1n) is 13.2. The minimum Gasteiger partial charge on any atom is -0.455 e. The number of nitrogens with zero attached hydrogens (tertiary/aromatic N) is 3. The molecule has 0 atom stereocenters. The molecule has 0 saturated carbocycles. The third-order valence-corrected chi connectivity index (χ3v) is 7.76. The molecular formula is C36H21N3O. The first-order chi connectivity index (χ1) is 19.8. The van der Waals surface area contributed by atoms with Crippen LogP contribution in [0.15, 0.2) is 132 Å². The van der Waals surface area contributed by atoms with Crippen molar-refractivity contribution < 1.29 is 4.42 Å². The van der Waals surface area contributed by atoms with Crippen molar-refractivity contribution >= 4 is 43.7 Å². The molecule has 0 aliphatic heterocycles. The summed E-state index contributed by atoms with van der Waals surface area (Å²) in [5.74, 6) is 0. The Morgan fingerprint density at radius 3 is 2.33 bits per heavy atom. The number of para-hydroxylation sites is 2. The molecule has 0 N–H and O–H groups in total. The van der Waals surface area contributed by atoms with Crippen molar-refractivity contribution in [2.24, 2.45) is 0 Å². The lowest BCUT2D eigenvalue weighted by atomic mass is 9.98. The third-order valence-electron chi connectivity index (χ3n) is 7.76. The van der Waals surface area contributed by atoms with Gasteiger partial charge in [0.25, 0.3) is 0 Å². The Kier molecular flexibility index (Phi) is 4.85. The van der Waals surface area contributed by atoms with E-state index in [1.807, 2.05) is 12.1 Å². The standard InChI is InChI=1S/C36H21N3O/c37-21-26-18-19-38-22-31(26)24-14-12-23(13-15-24)25-6-5-7-27(20-25)39-32-10-3-1-9-30(32)35-33(39)17-16-29-28-8-2-4-11-34(28)40-36(29)35/h1-20,22H. The van der Waals surface area contributed by atoms with E-state index in [9.17, 15) is 5.26 Å². The van der Waals surface area contributed by atoms with Gasteiger partial charge in [-0.1, -0.05) is 72.8 Å². The van der Waals surface area contributed by atoms with Crippen molar-refractivity contribution in [2.45, 2.75) is 0 Å². The first kappa shape index (κ1) is 22.3. The monoisotopic (exact) mass is 511 g/mol. The van der Waals surface area contributed by atoms with E-state index in [0.717, 1.165) is 66.3 Å². The van der Waals surface area contributed by atoms with Gasteiger partial charge in [0.15, 0.2) is 0 Å². The maximum Gasteiger partial charge on any atom is 0.145 e. The maximum absolute atomic E-state index is 9.49. The van der Waals surface area contributed by atoms with Gasteiger partial charge in [-0.05, 0) is 59.2 Å². The van der Waals surface area contributed by atoms with Crippen LogP contribution < -0.4 is 0 Å². The molecule has 0 aliphatic rings.